The van der Waals surface area contributed by atoms with Gasteiger partial charge in [0, 0.05) is 58.9 Å². The molecule has 0 saturated heterocycles. The first-order valence-corrected chi connectivity index (χ1v) is 3.18. The van der Waals surface area contributed by atoms with Crippen molar-refractivity contribution in [2.75, 3.05) is 0 Å². The minimum atomic E-state index is -1.06. The minimum Gasteiger partial charge on any atom is -0.478 e. The van der Waals surface area contributed by atoms with Crippen molar-refractivity contribution in [3.63, 3.8) is 0 Å². The van der Waals surface area contributed by atoms with Crippen molar-refractivity contribution in [1.82, 2.24) is 0 Å². The second kappa shape index (κ2) is 7.44. The maximum Gasteiger partial charge on any atom is 0.335 e. The van der Waals surface area contributed by atoms with E-state index in [2.05, 4.69) is 0 Å². The maximum atomic E-state index is 10.3. The predicted molar refractivity (Wildman–Crippen MR) is 40.4 cm³/mol. The van der Waals surface area contributed by atoms with Crippen LogP contribution in [0.3, 0.4) is 0 Å². The van der Waals surface area contributed by atoms with Gasteiger partial charge in [-0.25, -0.2) is 9.59 Å². The molecular weight excluding hydrogens is 340 g/mol. The molecule has 0 aliphatic carbocycles. The van der Waals surface area contributed by atoms with Gasteiger partial charge in [-0.3, -0.25) is 0 Å². The van der Waals surface area contributed by atoms with Crippen LogP contribution < -0.4 is 0 Å². The van der Waals surface area contributed by atoms with Crippen LogP contribution in [0.25, 0.3) is 0 Å². The van der Waals surface area contributed by atoms with E-state index in [4.69, 9.17) is 10.2 Å². The summed E-state index contributed by atoms with van der Waals surface area (Å²) in [5.41, 5.74) is 0.167. The average Bonchev–Trinajstić information content (AvgIpc) is 2.04. The van der Waals surface area contributed by atoms with Crippen molar-refractivity contribution in [3.8, 4) is 0 Å². The number of hydrogen-bond acceptors (Lipinski definition) is 2. The second-order valence-electron chi connectivity index (χ2n) is 2.19. The quantitative estimate of drug-likeness (QED) is 0.840. The van der Waals surface area contributed by atoms with E-state index in [1.807, 2.05) is 0 Å². The first kappa shape index (κ1) is 16.6. The van der Waals surface area contributed by atoms with E-state index < -0.39 is 11.9 Å². The number of benzene rings is 1. The van der Waals surface area contributed by atoms with Crippen molar-refractivity contribution in [2.45, 2.75) is 0 Å². The molecule has 0 atom stereocenters. The number of carboxylic acid groups (broad SMARTS) is 2. The largest absolute Gasteiger partial charge is 0.478 e. The molecule has 4 nitrogen and oxygen atoms in total. The van der Waals surface area contributed by atoms with Crippen LogP contribution in [-0.4, -0.2) is 22.2 Å². The monoisotopic (exact) mass is 345 g/mol. The van der Waals surface area contributed by atoms with Crippen molar-refractivity contribution in [2.24, 2.45) is 0 Å². The van der Waals surface area contributed by atoms with Gasteiger partial charge in [0.05, 0.1) is 11.1 Å². The van der Waals surface area contributed by atoms with Crippen molar-refractivity contribution in [3.05, 3.63) is 35.4 Å². The summed E-state index contributed by atoms with van der Waals surface area (Å²) in [6.07, 6.45) is 0. The smallest absolute Gasteiger partial charge is 0.335 e. The van der Waals surface area contributed by atoms with Crippen LogP contribution in [0.1, 0.15) is 20.7 Å². The Morgan fingerprint density at radius 2 is 1.07 bits per heavy atom. The molecule has 0 saturated carbocycles. The van der Waals surface area contributed by atoms with Gasteiger partial charge in [-0.1, -0.05) is 0 Å². The van der Waals surface area contributed by atoms with Crippen molar-refractivity contribution < 1.29 is 78.7 Å². The molecule has 0 aromatic heterocycles. The molecule has 1 aromatic rings. The van der Waals surface area contributed by atoms with Gasteiger partial charge in [-0.2, -0.15) is 0 Å². The zero-order valence-corrected chi connectivity index (χ0v) is 12.4. The Labute approximate surface area is 125 Å². The van der Waals surface area contributed by atoms with Crippen LogP contribution in [0.5, 0.6) is 0 Å². The van der Waals surface area contributed by atoms with Crippen LogP contribution in [0.15, 0.2) is 24.3 Å². The van der Waals surface area contributed by atoms with Gasteiger partial charge >= 0.3 is 11.9 Å². The van der Waals surface area contributed by atoms with Crippen LogP contribution in [-0.2, 0) is 58.9 Å². The Morgan fingerprint density at radius 3 is 1.21 bits per heavy atom. The Morgan fingerprint density at radius 1 is 0.857 bits per heavy atom. The fourth-order valence-electron chi connectivity index (χ4n) is 0.755. The average molecular weight is 346 g/mol. The third-order valence-electron chi connectivity index (χ3n) is 1.38. The van der Waals surface area contributed by atoms with Gasteiger partial charge < -0.3 is 10.2 Å². The molecule has 0 aliphatic heterocycles. The number of carboxylic acids is 2. The molecule has 0 unspecified atom stereocenters. The molecule has 14 heavy (non-hydrogen) atoms. The van der Waals surface area contributed by atoms with E-state index >= 15 is 0 Å². The summed E-state index contributed by atoms with van der Waals surface area (Å²) in [5, 5.41) is 16.9. The van der Waals surface area contributed by atoms with Crippen LogP contribution in [0.2, 0.25) is 0 Å². The molecular formula is C8H6O4YZr. The second-order valence-corrected chi connectivity index (χ2v) is 2.19. The van der Waals surface area contributed by atoms with Crippen LogP contribution in [0.4, 0.5) is 0 Å². The van der Waals surface area contributed by atoms with E-state index in [-0.39, 0.29) is 70.0 Å². The molecule has 0 heterocycles. The first-order chi connectivity index (χ1) is 5.61. The van der Waals surface area contributed by atoms with E-state index in [0.29, 0.717) is 0 Å². The summed E-state index contributed by atoms with van der Waals surface area (Å²) in [7, 11) is 0. The molecule has 2 N–H and O–H groups in total. The molecule has 1 radical (unpaired) electrons. The third-order valence-corrected chi connectivity index (χ3v) is 1.38. The van der Waals surface area contributed by atoms with Crippen molar-refractivity contribution >= 4 is 11.9 Å². The van der Waals surface area contributed by atoms with Crippen LogP contribution in [0, 0.1) is 0 Å². The molecule has 0 aliphatic rings. The number of rotatable bonds is 2. The third kappa shape index (κ3) is 4.58. The summed E-state index contributed by atoms with van der Waals surface area (Å²) in [6, 6.07) is 5.02. The SMILES string of the molecule is O=C(O)c1ccc(C(=O)O)cc1.[Y].[Zr]. The van der Waals surface area contributed by atoms with E-state index in [9.17, 15) is 9.59 Å². The number of hydrogen-bond donors (Lipinski definition) is 2. The first-order valence-electron chi connectivity index (χ1n) is 3.18. The molecule has 0 spiro atoms. The molecule has 69 valence electrons. The van der Waals surface area contributed by atoms with Gasteiger partial charge in [0.15, 0.2) is 0 Å². The number of aromatic carboxylic acids is 2. The summed E-state index contributed by atoms with van der Waals surface area (Å²) >= 11 is 0. The van der Waals surface area contributed by atoms with Gasteiger partial charge in [-0.15, -0.1) is 0 Å². The number of carbonyl (C=O) groups is 2. The predicted octanol–water partition coefficient (Wildman–Crippen LogP) is 1.08. The summed E-state index contributed by atoms with van der Waals surface area (Å²) in [5.74, 6) is -2.13. The summed E-state index contributed by atoms with van der Waals surface area (Å²) < 4.78 is 0. The minimum absolute atomic E-state index is 0. The van der Waals surface area contributed by atoms with E-state index in [0.717, 1.165) is 0 Å². The van der Waals surface area contributed by atoms with E-state index in [1.54, 1.807) is 0 Å². The fourth-order valence-corrected chi connectivity index (χ4v) is 0.755. The van der Waals surface area contributed by atoms with Gasteiger partial charge in [0.1, 0.15) is 0 Å². The fraction of sp³-hybridized carbons (Fsp3) is 0. The normalized spacial score (nSPS) is 8.00. The van der Waals surface area contributed by atoms with Gasteiger partial charge in [-0.05, 0) is 24.3 Å². The molecule has 0 fully saturated rings. The van der Waals surface area contributed by atoms with Crippen molar-refractivity contribution in [1.29, 1.82) is 0 Å². The molecule has 6 heteroatoms. The zero-order valence-electron chi connectivity index (χ0n) is 7.10. The van der Waals surface area contributed by atoms with Gasteiger partial charge in [0.2, 0.25) is 0 Å². The van der Waals surface area contributed by atoms with Crippen LogP contribution >= 0.6 is 0 Å². The Bertz CT molecular complexity index is 290. The topological polar surface area (TPSA) is 74.6 Å². The Hall–Kier alpha value is 0.147. The Balaban J connectivity index is 0. The molecule has 0 bridgehead atoms. The van der Waals surface area contributed by atoms with Gasteiger partial charge in [0.25, 0.3) is 0 Å². The summed E-state index contributed by atoms with van der Waals surface area (Å²) in [6.45, 7) is 0. The maximum absolute atomic E-state index is 10.3. The standard InChI is InChI=1S/C8H6O4.Y.Zr/c9-7(10)5-1-2-6(4-3-5)8(11)12;;/h1-4H,(H,9,10)(H,11,12);;. The molecule has 1 rings (SSSR count). The zero-order chi connectivity index (χ0) is 9.14. The summed E-state index contributed by atoms with van der Waals surface area (Å²) in [4.78, 5) is 20.7. The van der Waals surface area contributed by atoms with E-state index in [1.165, 1.54) is 24.3 Å². The molecule has 1 aromatic carbocycles. The molecule has 0 amide bonds. The Kier molecular flexibility index (Phi) is 8.81.